The summed E-state index contributed by atoms with van der Waals surface area (Å²) in [5.41, 5.74) is 7.57. The summed E-state index contributed by atoms with van der Waals surface area (Å²) in [6.45, 7) is 0. The van der Waals surface area contributed by atoms with Crippen LogP contribution in [0.5, 0.6) is 0 Å². The Bertz CT molecular complexity index is 218. The molecule has 1 aromatic rings. The molecule has 51 valence electrons. The third-order valence-corrected chi connectivity index (χ3v) is 1.04. The number of nitrogens with one attached hydrogen (secondary N) is 3. The van der Waals surface area contributed by atoms with Gasteiger partial charge in [-0.2, -0.15) is 0 Å². The molecule has 0 bridgehead atoms. The van der Waals surface area contributed by atoms with E-state index in [1.165, 1.54) is 0 Å². The van der Waals surface area contributed by atoms with Gasteiger partial charge in [-0.1, -0.05) is 18.2 Å². The topological polar surface area (TPSA) is 59.7 Å². The smallest absolute Gasteiger partial charge is 0.212 e. The fourth-order valence-corrected chi connectivity index (χ4v) is 0.666. The van der Waals surface area contributed by atoms with Crippen LogP contribution in [0.2, 0.25) is 0 Å². The highest BCUT2D eigenvalue weighted by Crippen LogP contribution is 2.03. The molecule has 0 heterocycles. The average Bonchev–Trinajstić information content (AvgIpc) is 1.88. The molecule has 0 saturated heterocycles. The molecule has 0 amide bonds. The Balaban J connectivity index is 2.67. The van der Waals surface area contributed by atoms with Gasteiger partial charge in [-0.25, -0.2) is 0 Å². The van der Waals surface area contributed by atoms with Crippen molar-refractivity contribution < 1.29 is 0 Å². The Morgan fingerprint density at radius 1 is 1.20 bits per heavy atom. The summed E-state index contributed by atoms with van der Waals surface area (Å²) in [5.74, 6) is -0.286. The molecular formula is C7H8N3. The van der Waals surface area contributed by atoms with Gasteiger partial charge in [-0.05, 0) is 12.1 Å². The molecule has 0 aliphatic carbocycles. The number of guanidine groups is 1. The lowest BCUT2D eigenvalue weighted by Crippen LogP contribution is -2.09. The SMILES string of the molecule is [NH]C(=N)Nc1ccccc1. The van der Waals surface area contributed by atoms with Crippen molar-refractivity contribution >= 4 is 11.6 Å². The van der Waals surface area contributed by atoms with Crippen LogP contribution in [0.3, 0.4) is 0 Å². The first kappa shape index (κ1) is 6.61. The van der Waals surface area contributed by atoms with Crippen molar-refractivity contribution in [2.45, 2.75) is 0 Å². The summed E-state index contributed by atoms with van der Waals surface area (Å²) in [6.07, 6.45) is 0. The molecule has 1 radical (unpaired) electrons. The van der Waals surface area contributed by atoms with Gasteiger partial charge in [-0.15, -0.1) is 0 Å². The van der Waals surface area contributed by atoms with Gasteiger partial charge < -0.3 is 5.32 Å². The highest BCUT2D eigenvalue weighted by molar-refractivity contribution is 5.88. The molecule has 3 heteroatoms. The third-order valence-electron chi connectivity index (χ3n) is 1.04. The monoisotopic (exact) mass is 134 g/mol. The van der Waals surface area contributed by atoms with E-state index >= 15 is 0 Å². The molecule has 0 aromatic heterocycles. The van der Waals surface area contributed by atoms with Crippen molar-refractivity contribution in [3.63, 3.8) is 0 Å². The fraction of sp³-hybridized carbons (Fsp3) is 0. The van der Waals surface area contributed by atoms with E-state index in [9.17, 15) is 0 Å². The average molecular weight is 134 g/mol. The van der Waals surface area contributed by atoms with Gasteiger partial charge >= 0.3 is 0 Å². The maximum absolute atomic E-state index is 6.79. The molecule has 0 saturated carbocycles. The Labute approximate surface area is 59.4 Å². The van der Waals surface area contributed by atoms with Crippen LogP contribution in [0.4, 0.5) is 5.69 Å². The first-order valence-corrected chi connectivity index (χ1v) is 2.91. The molecule has 0 atom stereocenters. The van der Waals surface area contributed by atoms with E-state index in [1.54, 1.807) is 0 Å². The van der Waals surface area contributed by atoms with Crippen LogP contribution in [0, 0.1) is 5.41 Å². The number of hydrogen-bond acceptors (Lipinski definition) is 1. The van der Waals surface area contributed by atoms with Gasteiger partial charge in [0.2, 0.25) is 5.96 Å². The van der Waals surface area contributed by atoms with Crippen molar-refractivity contribution in [3.8, 4) is 0 Å². The van der Waals surface area contributed by atoms with E-state index in [0.29, 0.717) is 0 Å². The number of benzene rings is 1. The first-order chi connectivity index (χ1) is 4.79. The lowest BCUT2D eigenvalue weighted by atomic mass is 10.3. The normalized spacial score (nSPS) is 8.80. The maximum Gasteiger partial charge on any atom is 0.212 e. The Morgan fingerprint density at radius 2 is 1.80 bits per heavy atom. The number of hydrogen-bond donors (Lipinski definition) is 2. The van der Waals surface area contributed by atoms with E-state index in [-0.39, 0.29) is 5.96 Å². The summed E-state index contributed by atoms with van der Waals surface area (Å²) in [7, 11) is 0. The van der Waals surface area contributed by atoms with Gasteiger partial charge in [0.15, 0.2) is 0 Å². The predicted molar refractivity (Wildman–Crippen MR) is 40.9 cm³/mol. The van der Waals surface area contributed by atoms with E-state index in [0.717, 1.165) is 5.69 Å². The van der Waals surface area contributed by atoms with E-state index in [2.05, 4.69) is 5.32 Å². The minimum Gasteiger partial charge on any atom is -0.325 e. The van der Waals surface area contributed by atoms with Gasteiger partial charge in [-0.3, -0.25) is 11.1 Å². The largest absolute Gasteiger partial charge is 0.325 e. The van der Waals surface area contributed by atoms with Crippen LogP contribution in [0.15, 0.2) is 30.3 Å². The summed E-state index contributed by atoms with van der Waals surface area (Å²) < 4.78 is 0. The second kappa shape index (κ2) is 2.87. The zero-order valence-electron chi connectivity index (χ0n) is 5.39. The van der Waals surface area contributed by atoms with Gasteiger partial charge in [0.1, 0.15) is 0 Å². The highest BCUT2D eigenvalue weighted by Gasteiger charge is 1.88. The van der Waals surface area contributed by atoms with Crippen molar-refractivity contribution in [1.82, 2.24) is 5.73 Å². The molecule has 3 nitrogen and oxygen atoms in total. The molecule has 0 aliphatic heterocycles. The number of rotatable bonds is 1. The van der Waals surface area contributed by atoms with E-state index in [4.69, 9.17) is 11.1 Å². The van der Waals surface area contributed by atoms with E-state index < -0.39 is 0 Å². The molecule has 0 spiro atoms. The standard InChI is InChI=1S/C7H8N3/c8-7(9)10-6-4-2-1-3-5-6/h1-5,8H,(H2,9,10). The van der Waals surface area contributed by atoms with Crippen molar-refractivity contribution in [2.75, 3.05) is 5.32 Å². The molecule has 0 aliphatic rings. The maximum atomic E-state index is 6.79. The van der Waals surface area contributed by atoms with Gasteiger partial charge in [0.05, 0.1) is 0 Å². The second-order valence-electron chi connectivity index (χ2n) is 1.87. The molecule has 1 rings (SSSR count). The predicted octanol–water partition coefficient (Wildman–Crippen LogP) is 1.32. The zero-order chi connectivity index (χ0) is 7.40. The minimum atomic E-state index is -0.286. The zero-order valence-corrected chi connectivity index (χ0v) is 5.39. The molecule has 0 fully saturated rings. The van der Waals surface area contributed by atoms with Crippen LogP contribution in [0.25, 0.3) is 0 Å². The summed E-state index contributed by atoms with van der Waals surface area (Å²) in [6, 6.07) is 9.21. The Kier molecular flexibility index (Phi) is 1.89. The fourth-order valence-electron chi connectivity index (χ4n) is 0.666. The van der Waals surface area contributed by atoms with Gasteiger partial charge in [0, 0.05) is 5.69 Å². The van der Waals surface area contributed by atoms with Crippen LogP contribution in [0.1, 0.15) is 0 Å². The lowest BCUT2D eigenvalue weighted by Gasteiger charge is -1.99. The van der Waals surface area contributed by atoms with Crippen molar-refractivity contribution in [2.24, 2.45) is 0 Å². The Morgan fingerprint density at radius 3 is 2.30 bits per heavy atom. The van der Waals surface area contributed by atoms with Crippen LogP contribution in [-0.2, 0) is 0 Å². The van der Waals surface area contributed by atoms with Gasteiger partial charge in [0.25, 0.3) is 0 Å². The summed E-state index contributed by atoms with van der Waals surface area (Å²) in [5, 5.41) is 9.34. The molecule has 1 aromatic carbocycles. The lowest BCUT2D eigenvalue weighted by molar-refractivity contribution is 1.38. The van der Waals surface area contributed by atoms with Crippen molar-refractivity contribution in [3.05, 3.63) is 30.3 Å². The highest BCUT2D eigenvalue weighted by atomic mass is 15.0. The minimum absolute atomic E-state index is 0.286. The van der Waals surface area contributed by atoms with Crippen molar-refractivity contribution in [1.29, 1.82) is 5.41 Å². The molecule has 3 N–H and O–H groups in total. The van der Waals surface area contributed by atoms with Crippen LogP contribution < -0.4 is 11.1 Å². The molecule has 0 unspecified atom stereocenters. The second-order valence-corrected chi connectivity index (χ2v) is 1.87. The van der Waals surface area contributed by atoms with Crippen LogP contribution in [-0.4, -0.2) is 5.96 Å². The quantitative estimate of drug-likeness (QED) is 0.441. The summed E-state index contributed by atoms with van der Waals surface area (Å²) >= 11 is 0. The molecule has 10 heavy (non-hydrogen) atoms. The summed E-state index contributed by atoms with van der Waals surface area (Å²) in [4.78, 5) is 0. The number of para-hydroxylation sites is 1. The number of anilines is 1. The Hall–Kier alpha value is -1.51. The molecular weight excluding hydrogens is 126 g/mol. The third kappa shape index (κ3) is 1.78. The van der Waals surface area contributed by atoms with Crippen LogP contribution >= 0.6 is 0 Å². The first-order valence-electron chi connectivity index (χ1n) is 2.91. The van der Waals surface area contributed by atoms with E-state index in [1.807, 2.05) is 30.3 Å².